The molecule has 2 bridgehead atoms. The number of fused-ring (bicyclic) bond motifs is 6. The van der Waals surface area contributed by atoms with Crippen LogP contribution >= 0.6 is 23.2 Å². The molecule has 8 heteroatoms. The molecular weight excluding hydrogens is 397 g/mol. The first-order valence-corrected chi connectivity index (χ1v) is 9.74. The van der Waals surface area contributed by atoms with E-state index in [0.29, 0.717) is 33.2 Å². The second kappa shape index (κ2) is 6.30. The molecule has 0 radical (unpaired) electrons. The highest BCUT2D eigenvalue weighted by Gasteiger charge is 2.68. The molecule has 1 heterocycles. The van der Waals surface area contributed by atoms with Gasteiger partial charge in [0, 0.05) is 5.92 Å². The van der Waals surface area contributed by atoms with Gasteiger partial charge >= 0.3 is 0 Å². The molecule has 1 saturated carbocycles. The van der Waals surface area contributed by atoms with Crippen LogP contribution in [-0.4, -0.2) is 33.9 Å². The van der Waals surface area contributed by atoms with Crippen molar-refractivity contribution in [3.8, 4) is 12.1 Å². The van der Waals surface area contributed by atoms with Crippen LogP contribution in [-0.2, 0) is 10.2 Å². The van der Waals surface area contributed by atoms with E-state index >= 15 is 0 Å². The van der Waals surface area contributed by atoms with Gasteiger partial charge in [0.15, 0.2) is 0 Å². The Kier molecular flexibility index (Phi) is 4.26. The standard InChI is InChI=1S/C20H17Cl2N5O/c1-19(2)11-3-4-20(19,18(28)27(7-5-23)8-6-24)17-16(11)25-14-9-12(21)13(22)10-15(14)26-17/h9-11H,3-4,7-8H2,1-2H3. The van der Waals surface area contributed by atoms with Gasteiger partial charge in [-0.15, -0.1) is 0 Å². The molecule has 0 saturated heterocycles. The average Bonchev–Trinajstić information content (AvgIpc) is 3.02. The quantitative estimate of drug-likeness (QED) is 0.709. The normalized spacial score (nSPS) is 23.9. The molecule has 4 rings (SSSR count). The van der Waals surface area contributed by atoms with E-state index in [9.17, 15) is 4.79 Å². The van der Waals surface area contributed by atoms with E-state index in [1.165, 1.54) is 4.90 Å². The van der Waals surface area contributed by atoms with Crippen molar-refractivity contribution in [2.45, 2.75) is 38.0 Å². The molecule has 1 aromatic carbocycles. The van der Waals surface area contributed by atoms with Crippen LogP contribution in [0.1, 0.15) is 44.0 Å². The molecule has 2 aliphatic rings. The SMILES string of the molecule is CC1(C)C2CCC1(C(=O)N(CC#N)CC#N)c1nc3cc(Cl)c(Cl)cc3nc12. The van der Waals surface area contributed by atoms with Crippen LogP contribution < -0.4 is 0 Å². The Morgan fingerprint density at radius 3 is 2.32 bits per heavy atom. The lowest BCUT2D eigenvalue weighted by molar-refractivity contribution is -0.139. The molecule has 2 unspecified atom stereocenters. The van der Waals surface area contributed by atoms with Gasteiger partial charge in [-0.3, -0.25) is 4.79 Å². The number of carbonyl (C=O) groups excluding carboxylic acids is 1. The summed E-state index contributed by atoms with van der Waals surface area (Å²) in [6.45, 7) is 3.83. The summed E-state index contributed by atoms with van der Waals surface area (Å²) in [6, 6.07) is 7.34. The molecule has 1 fully saturated rings. The van der Waals surface area contributed by atoms with Gasteiger partial charge in [0.05, 0.1) is 50.0 Å². The van der Waals surface area contributed by atoms with E-state index in [4.69, 9.17) is 43.7 Å². The summed E-state index contributed by atoms with van der Waals surface area (Å²) in [5.74, 6) is -0.153. The number of hydrogen-bond acceptors (Lipinski definition) is 5. The zero-order valence-corrected chi connectivity index (χ0v) is 17.0. The molecule has 2 aliphatic carbocycles. The highest BCUT2D eigenvalue weighted by Crippen LogP contribution is 2.67. The van der Waals surface area contributed by atoms with Crippen LogP contribution in [0.15, 0.2) is 12.1 Å². The summed E-state index contributed by atoms with van der Waals surface area (Å²) < 4.78 is 0. The van der Waals surface area contributed by atoms with Crippen molar-refractivity contribution in [2.24, 2.45) is 5.41 Å². The maximum Gasteiger partial charge on any atom is 0.237 e. The molecule has 1 aromatic heterocycles. The third kappa shape index (κ3) is 2.28. The number of nitrogens with zero attached hydrogens (tertiary/aromatic N) is 5. The maximum atomic E-state index is 13.6. The third-order valence-corrected chi connectivity index (χ3v) is 7.14. The van der Waals surface area contributed by atoms with E-state index in [2.05, 4.69) is 0 Å². The molecule has 6 nitrogen and oxygen atoms in total. The van der Waals surface area contributed by atoms with Crippen molar-refractivity contribution in [3.05, 3.63) is 33.6 Å². The van der Waals surface area contributed by atoms with Crippen molar-refractivity contribution in [1.29, 1.82) is 10.5 Å². The van der Waals surface area contributed by atoms with Crippen molar-refractivity contribution in [1.82, 2.24) is 14.9 Å². The van der Waals surface area contributed by atoms with Crippen LogP contribution in [0.5, 0.6) is 0 Å². The first-order chi connectivity index (χ1) is 13.3. The summed E-state index contributed by atoms with van der Waals surface area (Å²) >= 11 is 12.3. The van der Waals surface area contributed by atoms with E-state index in [0.717, 1.165) is 12.1 Å². The van der Waals surface area contributed by atoms with E-state index in [1.54, 1.807) is 12.1 Å². The van der Waals surface area contributed by atoms with Crippen LogP contribution in [0.3, 0.4) is 0 Å². The largest absolute Gasteiger partial charge is 0.315 e. The number of nitriles is 2. The third-order valence-electron chi connectivity index (χ3n) is 6.42. The Bertz CT molecular complexity index is 1080. The summed E-state index contributed by atoms with van der Waals surface area (Å²) in [4.78, 5) is 24.6. The predicted octanol–water partition coefficient (Wildman–Crippen LogP) is 3.97. The number of rotatable bonds is 3. The van der Waals surface area contributed by atoms with Crippen LogP contribution in [0.2, 0.25) is 10.0 Å². The topological polar surface area (TPSA) is 93.7 Å². The van der Waals surface area contributed by atoms with Gasteiger partial charge in [-0.2, -0.15) is 10.5 Å². The first kappa shape index (κ1) is 18.9. The van der Waals surface area contributed by atoms with Gasteiger partial charge in [0.25, 0.3) is 0 Å². The molecule has 2 aromatic rings. The van der Waals surface area contributed by atoms with E-state index < -0.39 is 10.8 Å². The summed E-state index contributed by atoms with van der Waals surface area (Å²) in [7, 11) is 0. The zero-order valence-electron chi connectivity index (χ0n) is 15.5. The summed E-state index contributed by atoms with van der Waals surface area (Å²) in [5, 5.41) is 19.1. The lowest BCUT2D eigenvalue weighted by Crippen LogP contribution is -2.51. The predicted molar refractivity (Wildman–Crippen MR) is 105 cm³/mol. The minimum Gasteiger partial charge on any atom is -0.315 e. The van der Waals surface area contributed by atoms with Crippen LogP contribution in [0.4, 0.5) is 0 Å². The highest BCUT2D eigenvalue weighted by atomic mass is 35.5. The second-order valence-corrected chi connectivity index (χ2v) is 8.72. The fourth-order valence-corrected chi connectivity index (χ4v) is 5.31. The minimum absolute atomic E-state index is 0.0730. The van der Waals surface area contributed by atoms with Crippen molar-refractivity contribution in [3.63, 3.8) is 0 Å². The molecular formula is C20H17Cl2N5O. The average molecular weight is 414 g/mol. The Balaban J connectivity index is 1.95. The van der Waals surface area contributed by atoms with Gasteiger partial charge in [0.1, 0.15) is 13.1 Å². The number of benzene rings is 1. The fraction of sp³-hybridized carbons (Fsp3) is 0.450. The Morgan fingerprint density at radius 1 is 1.18 bits per heavy atom. The number of halogens is 2. The highest BCUT2D eigenvalue weighted by molar-refractivity contribution is 6.42. The van der Waals surface area contributed by atoms with Gasteiger partial charge in [-0.25, -0.2) is 9.97 Å². The van der Waals surface area contributed by atoms with Crippen molar-refractivity contribution >= 4 is 40.1 Å². The number of carbonyl (C=O) groups is 1. The van der Waals surface area contributed by atoms with E-state index in [-0.39, 0.29) is 24.9 Å². The number of amides is 1. The van der Waals surface area contributed by atoms with Gasteiger partial charge < -0.3 is 4.90 Å². The summed E-state index contributed by atoms with van der Waals surface area (Å²) in [5.41, 5.74) is 1.34. The molecule has 0 spiro atoms. The lowest BCUT2D eigenvalue weighted by Gasteiger charge is -2.39. The molecule has 0 aliphatic heterocycles. The molecule has 142 valence electrons. The molecule has 1 amide bonds. The van der Waals surface area contributed by atoms with Gasteiger partial charge in [-0.05, 0) is 30.4 Å². The zero-order chi connectivity index (χ0) is 20.3. The van der Waals surface area contributed by atoms with E-state index in [1.807, 2.05) is 26.0 Å². The summed E-state index contributed by atoms with van der Waals surface area (Å²) in [6.07, 6.45) is 1.42. The van der Waals surface area contributed by atoms with Gasteiger partial charge in [0.2, 0.25) is 5.91 Å². The Hall–Kier alpha value is -2.41. The van der Waals surface area contributed by atoms with Crippen molar-refractivity contribution < 1.29 is 4.79 Å². The smallest absolute Gasteiger partial charge is 0.237 e. The molecule has 2 atom stereocenters. The minimum atomic E-state index is -0.909. The maximum absolute atomic E-state index is 13.6. The Morgan fingerprint density at radius 2 is 1.75 bits per heavy atom. The monoisotopic (exact) mass is 413 g/mol. The number of hydrogen-bond donors (Lipinski definition) is 0. The Labute approximate surface area is 172 Å². The number of aromatic nitrogens is 2. The van der Waals surface area contributed by atoms with Crippen LogP contribution in [0, 0.1) is 28.1 Å². The molecule has 28 heavy (non-hydrogen) atoms. The lowest BCUT2D eigenvalue weighted by atomic mass is 9.67. The van der Waals surface area contributed by atoms with Crippen molar-refractivity contribution in [2.75, 3.05) is 13.1 Å². The van der Waals surface area contributed by atoms with Gasteiger partial charge in [-0.1, -0.05) is 37.0 Å². The fourth-order valence-electron chi connectivity index (χ4n) is 4.99. The molecule has 0 N–H and O–H groups in total. The first-order valence-electron chi connectivity index (χ1n) is 8.98. The second-order valence-electron chi connectivity index (χ2n) is 7.91. The van der Waals surface area contributed by atoms with Crippen LogP contribution in [0.25, 0.3) is 11.0 Å².